The maximum absolute atomic E-state index is 12.3. The molecule has 0 atom stereocenters. The Labute approximate surface area is 152 Å². The zero-order valence-electron chi connectivity index (χ0n) is 14.2. The summed E-state index contributed by atoms with van der Waals surface area (Å²) in [6.07, 6.45) is 0. The zero-order valence-corrected chi connectivity index (χ0v) is 14.2. The van der Waals surface area contributed by atoms with Gasteiger partial charge in [-0.25, -0.2) is 9.78 Å². The summed E-state index contributed by atoms with van der Waals surface area (Å²) in [5.74, 6) is -0.614. The highest BCUT2D eigenvalue weighted by Gasteiger charge is 2.24. The van der Waals surface area contributed by atoms with Gasteiger partial charge in [0, 0.05) is 23.1 Å². The fourth-order valence-corrected chi connectivity index (χ4v) is 2.92. The number of nitro benzene ring substituents is 1. The number of pyridine rings is 1. The van der Waals surface area contributed by atoms with Gasteiger partial charge in [-0.3, -0.25) is 10.1 Å². The number of non-ortho nitro benzene ring substituents is 1. The molecule has 2 aromatic heterocycles. The van der Waals surface area contributed by atoms with Gasteiger partial charge in [0.15, 0.2) is 5.58 Å². The Morgan fingerprint density at radius 3 is 2.63 bits per heavy atom. The predicted octanol–water partition coefficient (Wildman–Crippen LogP) is 4.13. The number of rotatable bonds is 4. The van der Waals surface area contributed by atoms with Crippen molar-refractivity contribution in [1.82, 2.24) is 10.1 Å². The maximum Gasteiger partial charge on any atom is 0.361 e. The normalized spacial score (nSPS) is 11.0. The Morgan fingerprint density at radius 2 is 1.93 bits per heavy atom. The number of esters is 1. The standard InChI is InChI=1S/C19H13N3O5/c1-2-26-19(23)17-15-16(11-7-9-12(10-8-11)22(24)25)20-14-6-4-3-5-13(14)18(15)27-21-17/h3-10H,2H2,1H3. The van der Waals surface area contributed by atoms with E-state index in [-0.39, 0.29) is 18.0 Å². The van der Waals surface area contributed by atoms with Crippen molar-refractivity contribution in [2.45, 2.75) is 6.92 Å². The van der Waals surface area contributed by atoms with Gasteiger partial charge in [0.2, 0.25) is 5.69 Å². The van der Waals surface area contributed by atoms with Crippen molar-refractivity contribution in [3.63, 3.8) is 0 Å². The first-order chi connectivity index (χ1) is 13.1. The fraction of sp³-hybridized carbons (Fsp3) is 0.105. The average molecular weight is 363 g/mol. The second-order valence-corrected chi connectivity index (χ2v) is 5.74. The van der Waals surface area contributed by atoms with Crippen LogP contribution in [0.25, 0.3) is 33.1 Å². The van der Waals surface area contributed by atoms with E-state index < -0.39 is 10.9 Å². The lowest BCUT2D eigenvalue weighted by Gasteiger charge is -2.06. The van der Waals surface area contributed by atoms with Crippen LogP contribution in [0.3, 0.4) is 0 Å². The van der Waals surface area contributed by atoms with Crippen LogP contribution in [0, 0.1) is 10.1 Å². The number of ether oxygens (including phenoxy) is 1. The molecular formula is C19H13N3O5. The van der Waals surface area contributed by atoms with Crippen molar-refractivity contribution in [2.24, 2.45) is 0 Å². The maximum atomic E-state index is 12.3. The van der Waals surface area contributed by atoms with Crippen molar-refractivity contribution < 1.29 is 19.0 Å². The molecule has 0 saturated carbocycles. The van der Waals surface area contributed by atoms with Crippen molar-refractivity contribution in [2.75, 3.05) is 6.61 Å². The summed E-state index contributed by atoms with van der Waals surface area (Å²) in [4.78, 5) is 27.4. The Bertz CT molecular complexity index is 1180. The minimum Gasteiger partial charge on any atom is -0.461 e. The number of fused-ring (bicyclic) bond motifs is 3. The smallest absolute Gasteiger partial charge is 0.361 e. The lowest BCUT2D eigenvalue weighted by atomic mass is 10.0. The summed E-state index contributed by atoms with van der Waals surface area (Å²) >= 11 is 0. The third-order valence-corrected chi connectivity index (χ3v) is 4.13. The molecule has 134 valence electrons. The first kappa shape index (κ1) is 16.6. The van der Waals surface area contributed by atoms with Gasteiger partial charge in [-0.05, 0) is 31.2 Å². The second kappa shape index (κ2) is 6.49. The third-order valence-electron chi connectivity index (χ3n) is 4.13. The molecule has 2 aromatic carbocycles. The lowest BCUT2D eigenvalue weighted by Crippen LogP contribution is -2.06. The van der Waals surface area contributed by atoms with Crippen LogP contribution in [0.4, 0.5) is 5.69 Å². The van der Waals surface area contributed by atoms with Gasteiger partial charge in [-0.2, -0.15) is 0 Å². The van der Waals surface area contributed by atoms with E-state index in [1.54, 1.807) is 19.1 Å². The van der Waals surface area contributed by atoms with E-state index >= 15 is 0 Å². The third kappa shape index (κ3) is 2.77. The van der Waals surface area contributed by atoms with Crippen molar-refractivity contribution in [1.29, 1.82) is 0 Å². The molecular weight excluding hydrogens is 350 g/mol. The van der Waals surface area contributed by atoms with Gasteiger partial charge >= 0.3 is 5.97 Å². The number of benzene rings is 2. The highest BCUT2D eigenvalue weighted by Crippen LogP contribution is 2.35. The van der Waals surface area contributed by atoms with Gasteiger partial charge < -0.3 is 9.26 Å². The molecule has 4 aromatic rings. The van der Waals surface area contributed by atoms with Gasteiger partial charge in [0.1, 0.15) is 0 Å². The Balaban J connectivity index is 2.02. The summed E-state index contributed by atoms with van der Waals surface area (Å²) in [5, 5.41) is 15.9. The number of carbonyl (C=O) groups is 1. The minimum absolute atomic E-state index is 0.0263. The van der Waals surface area contributed by atoms with E-state index in [2.05, 4.69) is 10.1 Å². The monoisotopic (exact) mass is 363 g/mol. The average Bonchev–Trinajstić information content (AvgIpc) is 3.13. The first-order valence-corrected chi connectivity index (χ1v) is 8.20. The fourth-order valence-electron chi connectivity index (χ4n) is 2.92. The number of carbonyl (C=O) groups excluding carboxylic acids is 1. The van der Waals surface area contributed by atoms with Crippen LogP contribution in [0.1, 0.15) is 17.4 Å². The molecule has 0 unspecified atom stereocenters. The molecule has 0 spiro atoms. The summed E-state index contributed by atoms with van der Waals surface area (Å²) < 4.78 is 10.5. The van der Waals surface area contributed by atoms with E-state index in [0.717, 1.165) is 0 Å². The molecule has 0 saturated heterocycles. The van der Waals surface area contributed by atoms with Gasteiger partial charge in [-0.15, -0.1) is 0 Å². The quantitative estimate of drug-likeness (QED) is 0.305. The molecule has 8 heteroatoms. The van der Waals surface area contributed by atoms with E-state index in [9.17, 15) is 14.9 Å². The molecule has 0 fully saturated rings. The molecule has 27 heavy (non-hydrogen) atoms. The van der Waals surface area contributed by atoms with Crippen molar-refractivity contribution in [3.05, 3.63) is 64.3 Å². The van der Waals surface area contributed by atoms with Crippen LogP contribution in [-0.4, -0.2) is 27.6 Å². The molecule has 0 radical (unpaired) electrons. The second-order valence-electron chi connectivity index (χ2n) is 5.74. The summed E-state index contributed by atoms with van der Waals surface area (Å²) in [6.45, 7) is 1.89. The Morgan fingerprint density at radius 1 is 1.19 bits per heavy atom. The van der Waals surface area contributed by atoms with Crippen molar-refractivity contribution >= 4 is 33.5 Å². The first-order valence-electron chi connectivity index (χ1n) is 8.20. The highest BCUT2D eigenvalue weighted by molar-refractivity contribution is 6.14. The predicted molar refractivity (Wildman–Crippen MR) is 97.4 cm³/mol. The molecule has 0 amide bonds. The van der Waals surface area contributed by atoms with E-state index in [1.165, 1.54) is 12.1 Å². The number of hydrogen-bond donors (Lipinski definition) is 0. The van der Waals surface area contributed by atoms with Gasteiger partial charge in [0.25, 0.3) is 5.69 Å². The highest BCUT2D eigenvalue weighted by atomic mass is 16.6. The molecule has 8 nitrogen and oxygen atoms in total. The molecule has 2 heterocycles. The SMILES string of the molecule is CCOC(=O)c1noc2c1c(-c1ccc([N+](=O)[O-])cc1)nc1ccccc12. The largest absolute Gasteiger partial charge is 0.461 e. The summed E-state index contributed by atoms with van der Waals surface area (Å²) in [7, 11) is 0. The lowest BCUT2D eigenvalue weighted by molar-refractivity contribution is -0.384. The zero-order chi connectivity index (χ0) is 19.0. The van der Waals surface area contributed by atoms with Crippen LogP contribution in [0.5, 0.6) is 0 Å². The number of aromatic nitrogens is 2. The van der Waals surface area contributed by atoms with Gasteiger partial charge in [0.05, 0.1) is 28.1 Å². The van der Waals surface area contributed by atoms with E-state index in [4.69, 9.17) is 9.26 Å². The Hall–Kier alpha value is -3.81. The summed E-state index contributed by atoms with van der Waals surface area (Å²) in [6, 6.07) is 13.2. The topological polar surface area (TPSA) is 108 Å². The van der Waals surface area contributed by atoms with Crippen LogP contribution in [0.2, 0.25) is 0 Å². The molecule has 0 aliphatic carbocycles. The van der Waals surface area contributed by atoms with E-state index in [0.29, 0.717) is 33.1 Å². The van der Waals surface area contributed by atoms with Crippen LogP contribution < -0.4 is 0 Å². The van der Waals surface area contributed by atoms with Crippen LogP contribution in [-0.2, 0) is 4.74 Å². The van der Waals surface area contributed by atoms with E-state index in [1.807, 2.05) is 24.3 Å². The van der Waals surface area contributed by atoms with Crippen molar-refractivity contribution in [3.8, 4) is 11.3 Å². The number of para-hydroxylation sites is 1. The molecule has 4 rings (SSSR count). The number of hydrogen-bond acceptors (Lipinski definition) is 7. The summed E-state index contributed by atoms with van der Waals surface area (Å²) in [5.41, 5.74) is 2.11. The van der Waals surface area contributed by atoms with Gasteiger partial charge in [-0.1, -0.05) is 17.3 Å². The number of nitro groups is 1. The minimum atomic E-state index is -0.614. The van der Waals surface area contributed by atoms with Crippen LogP contribution in [0.15, 0.2) is 53.1 Å². The van der Waals surface area contributed by atoms with Crippen LogP contribution >= 0.6 is 0 Å². The molecule has 0 aliphatic heterocycles. The molecule has 0 bridgehead atoms. The molecule has 0 aliphatic rings. The Kier molecular flexibility index (Phi) is 4.00. The molecule has 0 N–H and O–H groups in total. The number of nitrogens with zero attached hydrogens (tertiary/aromatic N) is 3.